The highest BCUT2D eigenvalue weighted by atomic mass is 79.9. The van der Waals surface area contributed by atoms with Crippen molar-refractivity contribution in [3.05, 3.63) is 58.1 Å². The molecule has 0 saturated carbocycles. The molecule has 1 amide bonds. The van der Waals surface area contributed by atoms with Crippen molar-refractivity contribution in [3.63, 3.8) is 0 Å². The number of hydrogen-bond acceptors (Lipinski definition) is 4. The van der Waals surface area contributed by atoms with Crippen molar-refractivity contribution in [3.8, 4) is 11.5 Å². The maximum atomic E-state index is 11.9. The molecule has 0 aliphatic rings. The second kappa shape index (κ2) is 7.61. The van der Waals surface area contributed by atoms with E-state index in [2.05, 4.69) is 26.5 Å². The van der Waals surface area contributed by atoms with E-state index in [-0.39, 0.29) is 11.7 Å². The van der Waals surface area contributed by atoms with E-state index < -0.39 is 0 Å². The predicted molar refractivity (Wildman–Crippen MR) is 88.5 cm³/mol. The number of benzene rings is 2. The summed E-state index contributed by atoms with van der Waals surface area (Å²) in [7, 11) is 0. The van der Waals surface area contributed by atoms with Crippen molar-refractivity contribution in [2.75, 3.05) is 6.61 Å². The van der Waals surface area contributed by atoms with Crippen LogP contribution in [0.4, 0.5) is 0 Å². The zero-order valence-electron chi connectivity index (χ0n) is 11.9. The van der Waals surface area contributed by atoms with E-state index in [9.17, 15) is 9.90 Å². The van der Waals surface area contributed by atoms with E-state index in [1.165, 1.54) is 6.21 Å². The van der Waals surface area contributed by atoms with Crippen LogP contribution in [0.5, 0.6) is 11.5 Å². The minimum absolute atomic E-state index is 0.00834. The average molecular weight is 363 g/mol. The van der Waals surface area contributed by atoms with Gasteiger partial charge in [0.05, 0.1) is 12.8 Å². The molecule has 2 aromatic carbocycles. The molecule has 0 aliphatic carbocycles. The van der Waals surface area contributed by atoms with Crippen LogP contribution in [-0.4, -0.2) is 23.8 Å². The summed E-state index contributed by atoms with van der Waals surface area (Å²) in [6, 6.07) is 12.0. The lowest BCUT2D eigenvalue weighted by Gasteiger charge is -2.07. The number of phenolic OH excluding ortho intramolecular Hbond substituents is 1. The number of phenols is 1. The Kier molecular flexibility index (Phi) is 5.55. The van der Waals surface area contributed by atoms with Crippen molar-refractivity contribution >= 4 is 28.1 Å². The lowest BCUT2D eigenvalue weighted by Crippen LogP contribution is -2.17. The van der Waals surface area contributed by atoms with Crippen LogP contribution in [0.3, 0.4) is 0 Å². The summed E-state index contributed by atoms with van der Waals surface area (Å²) in [6.07, 6.45) is 1.37. The average Bonchev–Trinajstić information content (AvgIpc) is 2.51. The Morgan fingerprint density at radius 3 is 2.73 bits per heavy atom. The molecule has 6 heteroatoms. The van der Waals surface area contributed by atoms with E-state index in [4.69, 9.17) is 4.74 Å². The molecule has 0 unspecified atom stereocenters. The summed E-state index contributed by atoms with van der Waals surface area (Å²) in [5, 5.41) is 13.8. The summed E-state index contributed by atoms with van der Waals surface area (Å²) in [5.74, 6) is 0.0425. The smallest absolute Gasteiger partial charge is 0.271 e. The third kappa shape index (κ3) is 4.08. The lowest BCUT2D eigenvalue weighted by atomic mass is 10.2. The highest BCUT2D eigenvalue weighted by Crippen LogP contribution is 2.28. The lowest BCUT2D eigenvalue weighted by molar-refractivity contribution is 0.0955. The fraction of sp³-hybridized carbons (Fsp3) is 0.125. The molecule has 0 aromatic heterocycles. The van der Waals surface area contributed by atoms with E-state index in [1.54, 1.807) is 42.5 Å². The largest absolute Gasteiger partial charge is 0.504 e. The van der Waals surface area contributed by atoms with Crippen LogP contribution in [0.2, 0.25) is 0 Å². The number of carbonyl (C=O) groups is 1. The fourth-order valence-corrected chi connectivity index (χ4v) is 2.01. The van der Waals surface area contributed by atoms with Crippen LogP contribution in [-0.2, 0) is 0 Å². The maximum Gasteiger partial charge on any atom is 0.271 e. The molecule has 2 N–H and O–H groups in total. The minimum Gasteiger partial charge on any atom is -0.504 e. The fourth-order valence-electron chi connectivity index (χ4n) is 1.74. The zero-order chi connectivity index (χ0) is 15.9. The molecule has 0 atom stereocenters. The molecule has 2 aromatic rings. The Bertz CT molecular complexity index is 684. The number of amides is 1. The van der Waals surface area contributed by atoms with Crippen molar-refractivity contribution < 1.29 is 14.6 Å². The van der Waals surface area contributed by atoms with E-state index in [1.807, 2.05) is 6.92 Å². The van der Waals surface area contributed by atoms with Gasteiger partial charge in [-0.05, 0) is 43.3 Å². The zero-order valence-corrected chi connectivity index (χ0v) is 13.5. The first-order chi connectivity index (χ1) is 10.6. The third-order valence-electron chi connectivity index (χ3n) is 2.81. The Hall–Kier alpha value is -2.34. The molecule has 0 saturated heterocycles. The van der Waals surface area contributed by atoms with Gasteiger partial charge in [-0.15, -0.1) is 0 Å². The topological polar surface area (TPSA) is 70.9 Å². The number of aromatic hydroxyl groups is 1. The summed E-state index contributed by atoms with van der Waals surface area (Å²) in [6.45, 7) is 2.28. The highest BCUT2D eigenvalue weighted by Gasteiger charge is 2.06. The number of hydrazone groups is 1. The van der Waals surface area contributed by atoms with Crippen LogP contribution in [0, 0.1) is 0 Å². The number of carbonyl (C=O) groups excluding carboxylic acids is 1. The molecule has 0 radical (unpaired) electrons. The molecule has 0 aliphatic heterocycles. The summed E-state index contributed by atoms with van der Waals surface area (Å²) in [5.41, 5.74) is 3.36. The molecule has 2 rings (SSSR count). The van der Waals surface area contributed by atoms with Gasteiger partial charge in [0.2, 0.25) is 0 Å². The first kappa shape index (κ1) is 16.0. The van der Waals surface area contributed by atoms with Gasteiger partial charge in [-0.25, -0.2) is 5.43 Å². The van der Waals surface area contributed by atoms with E-state index in [0.717, 1.165) is 4.47 Å². The first-order valence-corrected chi connectivity index (χ1v) is 7.45. The number of hydrogen-bond donors (Lipinski definition) is 2. The summed E-state index contributed by atoms with van der Waals surface area (Å²) < 4.78 is 6.18. The Labute approximate surface area is 136 Å². The number of halogens is 1. The molecule has 114 valence electrons. The maximum absolute atomic E-state index is 11.9. The van der Waals surface area contributed by atoms with E-state index in [0.29, 0.717) is 23.5 Å². The van der Waals surface area contributed by atoms with Gasteiger partial charge in [0.25, 0.3) is 5.91 Å². The van der Waals surface area contributed by atoms with Gasteiger partial charge in [-0.3, -0.25) is 4.79 Å². The molecule has 0 fully saturated rings. The third-order valence-corrected chi connectivity index (χ3v) is 3.33. The van der Waals surface area contributed by atoms with Gasteiger partial charge >= 0.3 is 0 Å². The number of ether oxygens (including phenoxy) is 1. The van der Waals surface area contributed by atoms with Crippen molar-refractivity contribution in [2.24, 2.45) is 5.10 Å². The van der Waals surface area contributed by atoms with Crippen LogP contribution in [0.15, 0.2) is 52.0 Å². The van der Waals surface area contributed by atoms with E-state index >= 15 is 0 Å². The standard InChI is InChI=1S/C16H15BrN2O3/c1-2-22-14-5-3-4-12(15(14)20)10-18-19-16(21)11-6-8-13(17)9-7-11/h3-10,20H,2H2,1H3,(H,19,21). The number of nitrogens with zero attached hydrogens (tertiary/aromatic N) is 1. The molecule has 22 heavy (non-hydrogen) atoms. The van der Waals surface area contributed by atoms with Crippen LogP contribution >= 0.6 is 15.9 Å². The van der Waals surface area contributed by atoms with Crippen LogP contribution in [0.1, 0.15) is 22.8 Å². The molecule has 0 bridgehead atoms. The normalized spacial score (nSPS) is 10.6. The highest BCUT2D eigenvalue weighted by molar-refractivity contribution is 9.10. The minimum atomic E-state index is -0.329. The second-order valence-corrected chi connectivity index (χ2v) is 5.25. The molecular weight excluding hydrogens is 348 g/mol. The number of nitrogens with one attached hydrogen (secondary N) is 1. The van der Waals surface area contributed by atoms with Crippen LogP contribution in [0.25, 0.3) is 0 Å². The predicted octanol–water partition coefficient (Wildman–Crippen LogP) is 3.32. The molecular formula is C16H15BrN2O3. The molecule has 0 spiro atoms. The Morgan fingerprint density at radius 2 is 2.05 bits per heavy atom. The summed E-state index contributed by atoms with van der Waals surface area (Å²) >= 11 is 3.30. The quantitative estimate of drug-likeness (QED) is 0.633. The second-order valence-electron chi connectivity index (χ2n) is 4.33. The SMILES string of the molecule is CCOc1cccc(C=NNC(=O)c2ccc(Br)cc2)c1O. The van der Waals surface area contributed by atoms with Gasteiger partial charge < -0.3 is 9.84 Å². The van der Waals surface area contributed by atoms with Gasteiger partial charge in [-0.1, -0.05) is 22.0 Å². The first-order valence-electron chi connectivity index (χ1n) is 6.65. The van der Waals surface area contributed by atoms with Crippen molar-refractivity contribution in [1.29, 1.82) is 0 Å². The molecule has 5 nitrogen and oxygen atoms in total. The Balaban J connectivity index is 2.05. The van der Waals surface area contributed by atoms with Crippen LogP contribution < -0.4 is 10.2 Å². The monoisotopic (exact) mass is 362 g/mol. The van der Waals surface area contributed by atoms with Gasteiger partial charge in [-0.2, -0.15) is 5.10 Å². The Morgan fingerprint density at radius 1 is 1.32 bits per heavy atom. The molecule has 0 heterocycles. The van der Waals surface area contributed by atoms with Crippen molar-refractivity contribution in [1.82, 2.24) is 5.43 Å². The van der Waals surface area contributed by atoms with Gasteiger partial charge in [0.1, 0.15) is 0 Å². The summed E-state index contributed by atoms with van der Waals surface area (Å²) in [4.78, 5) is 11.9. The van der Waals surface area contributed by atoms with Gasteiger partial charge in [0, 0.05) is 15.6 Å². The number of para-hydroxylation sites is 1. The van der Waals surface area contributed by atoms with Gasteiger partial charge in [0.15, 0.2) is 11.5 Å². The van der Waals surface area contributed by atoms with Crippen molar-refractivity contribution in [2.45, 2.75) is 6.92 Å². The number of rotatable bonds is 5.